The van der Waals surface area contributed by atoms with Gasteiger partial charge in [-0.15, -0.1) is 0 Å². The van der Waals surface area contributed by atoms with Crippen molar-refractivity contribution in [3.8, 4) is 0 Å². The molecule has 1 aliphatic rings. The first-order chi connectivity index (χ1) is 17.5. The summed E-state index contributed by atoms with van der Waals surface area (Å²) in [4.78, 5) is 39.1. The summed E-state index contributed by atoms with van der Waals surface area (Å²) in [6, 6.07) is 16.6. The Labute approximate surface area is 214 Å². The number of nitrogens with two attached hydrogens (primary N) is 1. The minimum Gasteiger partial charge on any atom is -0.350 e. The lowest BCUT2D eigenvalue weighted by molar-refractivity contribution is -0.144. The van der Waals surface area contributed by atoms with Crippen molar-refractivity contribution in [3.05, 3.63) is 71.3 Å². The molecule has 7 nitrogen and oxygen atoms in total. The number of nitrogens with zero attached hydrogens (tertiary/aromatic N) is 1. The van der Waals surface area contributed by atoms with Gasteiger partial charge in [0.1, 0.15) is 11.8 Å². The fraction of sp³-hybridized carbons (Fsp3) is 0.483. The van der Waals surface area contributed by atoms with Gasteiger partial charge in [-0.05, 0) is 22.6 Å². The van der Waals surface area contributed by atoms with Crippen molar-refractivity contribution < 1.29 is 14.4 Å². The second kappa shape index (κ2) is 14.5. The second-order valence-corrected chi connectivity index (χ2v) is 9.64. The highest BCUT2D eigenvalue weighted by Gasteiger charge is 2.30. The zero-order valence-electron chi connectivity index (χ0n) is 21.4. The molecule has 0 aromatic heterocycles. The van der Waals surface area contributed by atoms with Gasteiger partial charge in [0, 0.05) is 32.4 Å². The molecule has 3 rings (SSSR count). The highest BCUT2D eigenvalue weighted by atomic mass is 16.2. The Morgan fingerprint density at radius 1 is 0.944 bits per heavy atom. The number of hydrogen-bond acceptors (Lipinski definition) is 5. The first-order valence-corrected chi connectivity index (χ1v) is 13.2. The average molecular weight is 493 g/mol. The van der Waals surface area contributed by atoms with Crippen LogP contribution >= 0.6 is 0 Å². The number of hydrogen-bond donors (Lipinski definition) is 3. The summed E-state index contributed by atoms with van der Waals surface area (Å²) in [6.07, 6.45) is 6.88. The monoisotopic (exact) mass is 492 g/mol. The van der Waals surface area contributed by atoms with E-state index in [4.69, 9.17) is 5.73 Å². The van der Waals surface area contributed by atoms with Gasteiger partial charge in [-0.3, -0.25) is 19.4 Å². The van der Waals surface area contributed by atoms with E-state index in [-0.39, 0.29) is 30.6 Å². The molecule has 2 aromatic carbocycles. The summed E-state index contributed by atoms with van der Waals surface area (Å²) >= 11 is 0. The molecule has 4 N–H and O–H groups in total. The molecule has 0 radical (unpaired) electrons. The third kappa shape index (κ3) is 8.57. The van der Waals surface area contributed by atoms with Gasteiger partial charge in [-0.25, -0.2) is 5.43 Å². The number of benzene rings is 2. The van der Waals surface area contributed by atoms with E-state index in [1.54, 1.807) is 6.92 Å². The van der Waals surface area contributed by atoms with Crippen LogP contribution in [0.3, 0.4) is 0 Å². The minimum atomic E-state index is -0.786. The van der Waals surface area contributed by atoms with E-state index in [0.717, 1.165) is 29.5 Å². The molecule has 2 aromatic rings. The Balaban J connectivity index is 1.70. The van der Waals surface area contributed by atoms with Crippen LogP contribution in [0.5, 0.6) is 0 Å². The van der Waals surface area contributed by atoms with Gasteiger partial charge in [-0.1, -0.05) is 93.6 Å². The maximum absolute atomic E-state index is 13.4. The summed E-state index contributed by atoms with van der Waals surface area (Å²) in [7, 11) is 0. The molecule has 0 aliphatic heterocycles. The number of carbonyl (C=O) groups is 3. The summed E-state index contributed by atoms with van der Waals surface area (Å²) < 4.78 is 0. The predicted molar refractivity (Wildman–Crippen MR) is 141 cm³/mol. The fourth-order valence-corrected chi connectivity index (χ4v) is 4.74. The molecule has 194 valence electrons. The number of hydrazine groups is 1. The topological polar surface area (TPSA) is 105 Å². The molecular weight excluding hydrogens is 452 g/mol. The van der Waals surface area contributed by atoms with Gasteiger partial charge < -0.3 is 11.1 Å². The molecule has 0 heterocycles. The third-order valence-electron chi connectivity index (χ3n) is 6.87. The number of amides is 2. The molecule has 1 fully saturated rings. The molecular formula is C29H40N4O3. The fourth-order valence-electron chi connectivity index (χ4n) is 4.74. The van der Waals surface area contributed by atoms with Gasteiger partial charge in [-0.2, -0.15) is 0 Å². The molecule has 0 bridgehead atoms. The number of nitrogens with one attached hydrogen (secondary N) is 2. The Bertz CT molecular complexity index is 972. The Morgan fingerprint density at radius 2 is 1.61 bits per heavy atom. The normalized spacial score (nSPS) is 14.7. The zero-order valence-corrected chi connectivity index (χ0v) is 21.4. The Hall–Kier alpha value is -3.03. The van der Waals surface area contributed by atoms with Gasteiger partial charge in [0.2, 0.25) is 11.8 Å². The van der Waals surface area contributed by atoms with Gasteiger partial charge in [0.05, 0.1) is 6.54 Å². The second-order valence-electron chi connectivity index (χ2n) is 9.64. The van der Waals surface area contributed by atoms with Crippen LogP contribution in [0.1, 0.15) is 68.6 Å². The number of carbonyl (C=O) groups excluding carboxylic acids is 3. The van der Waals surface area contributed by atoms with Gasteiger partial charge >= 0.3 is 0 Å². The van der Waals surface area contributed by atoms with E-state index in [0.29, 0.717) is 31.8 Å². The van der Waals surface area contributed by atoms with E-state index in [2.05, 4.69) is 10.7 Å². The molecule has 0 spiro atoms. The number of ketones is 1. The standard InChI is InChI=1S/C29H40N4O3/c1-2-28(35)33(32-21-26(34)17-22-9-5-3-6-10-22)27(18-23-11-7-4-8-12-23)29(36)31-20-25-15-13-24(19-30)14-16-25/h4,7-8,11-16,22,27,32H,2-3,5-6,9-10,17-21,30H2,1H3,(H,31,36)/t27-/m0/s1. The van der Waals surface area contributed by atoms with Crippen LogP contribution < -0.4 is 16.5 Å². The predicted octanol–water partition coefficient (Wildman–Crippen LogP) is 3.66. The van der Waals surface area contributed by atoms with Crippen LogP contribution in [0.15, 0.2) is 54.6 Å². The quantitative estimate of drug-likeness (QED) is 0.370. The van der Waals surface area contributed by atoms with Crippen molar-refractivity contribution in [2.75, 3.05) is 6.54 Å². The average Bonchev–Trinajstić information content (AvgIpc) is 2.92. The van der Waals surface area contributed by atoms with Crippen molar-refractivity contribution in [2.45, 2.75) is 77.4 Å². The largest absolute Gasteiger partial charge is 0.350 e. The molecule has 0 saturated heterocycles. The van der Waals surface area contributed by atoms with E-state index in [9.17, 15) is 14.4 Å². The van der Waals surface area contributed by atoms with E-state index in [1.165, 1.54) is 24.3 Å². The first-order valence-electron chi connectivity index (χ1n) is 13.2. The Morgan fingerprint density at radius 3 is 2.25 bits per heavy atom. The van der Waals surface area contributed by atoms with Crippen molar-refractivity contribution in [3.63, 3.8) is 0 Å². The van der Waals surface area contributed by atoms with E-state index in [1.807, 2.05) is 54.6 Å². The lowest BCUT2D eigenvalue weighted by atomic mass is 9.86. The van der Waals surface area contributed by atoms with Crippen LogP contribution in [0.2, 0.25) is 0 Å². The van der Waals surface area contributed by atoms with Crippen LogP contribution in [-0.4, -0.2) is 35.2 Å². The summed E-state index contributed by atoms with van der Waals surface area (Å²) in [5.41, 5.74) is 11.6. The third-order valence-corrected chi connectivity index (χ3v) is 6.87. The van der Waals surface area contributed by atoms with Crippen molar-refractivity contribution in [1.29, 1.82) is 0 Å². The van der Waals surface area contributed by atoms with Gasteiger partial charge in [0.15, 0.2) is 0 Å². The van der Waals surface area contributed by atoms with Crippen molar-refractivity contribution in [1.82, 2.24) is 15.8 Å². The molecule has 7 heteroatoms. The van der Waals surface area contributed by atoms with Crippen LogP contribution in [0, 0.1) is 5.92 Å². The molecule has 1 saturated carbocycles. The summed E-state index contributed by atoms with van der Waals surface area (Å²) in [5.74, 6) is 0.0201. The molecule has 0 unspecified atom stereocenters. The number of rotatable bonds is 13. The molecule has 1 aliphatic carbocycles. The maximum Gasteiger partial charge on any atom is 0.245 e. The molecule has 36 heavy (non-hydrogen) atoms. The molecule has 2 amide bonds. The van der Waals surface area contributed by atoms with Crippen molar-refractivity contribution >= 4 is 17.6 Å². The SMILES string of the molecule is CCC(=O)N(NCC(=O)CC1CCCCC1)[C@@H](Cc1ccccc1)C(=O)NCc1ccc(CN)cc1. The Kier molecular flexibility index (Phi) is 11.1. The van der Waals surface area contributed by atoms with E-state index < -0.39 is 6.04 Å². The summed E-state index contributed by atoms with van der Waals surface area (Å²) in [5, 5.41) is 4.35. The number of Topliss-reactive ketones (excluding diaryl/α,β-unsaturated/α-hetero) is 1. The lowest BCUT2D eigenvalue weighted by Crippen LogP contribution is -2.57. The van der Waals surface area contributed by atoms with Crippen LogP contribution in [0.25, 0.3) is 0 Å². The highest BCUT2D eigenvalue weighted by molar-refractivity contribution is 5.88. The lowest BCUT2D eigenvalue weighted by Gasteiger charge is -2.31. The maximum atomic E-state index is 13.4. The van der Waals surface area contributed by atoms with Crippen molar-refractivity contribution in [2.24, 2.45) is 11.7 Å². The summed E-state index contributed by atoms with van der Waals surface area (Å²) in [6.45, 7) is 2.60. The highest BCUT2D eigenvalue weighted by Crippen LogP contribution is 2.26. The smallest absolute Gasteiger partial charge is 0.245 e. The minimum absolute atomic E-state index is 0.0430. The molecule has 1 atom stereocenters. The zero-order chi connectivity index (χ0) is 25.8. The van der Waals surface area contributed by atoms with Crippen LogP contribution in [-0.2, 0) is 33.9 Å². The van der Waals surface area contributed by atoms with E-state index >= 15 is 0 Å². The first kappa shape index (κ1) is 27.6. The van der Waals surface area contributed by atoms with Gasteiger partial charge in [0.25, 0.3) is 0 Å². The van der Waals surface area contributed by atoms with Crippen LogP contribution in [0.4, 0.5) is 0 Å².